The number of thioether (sulfide) groups is 1. The molecule has 1 aromatic carbocycles. The van der Waals surface area contributed by atoms with Crippen molar-refractivity contribution in [3.8, 4) is 11.5 Å². The lowest BCUT2D eigenvalue weighted by Crippen LogP contribution is -2.43. The van der Waals surface area contributed by atoms with E-state index in [4.69, 9.17) is 16.0 Å². The van der Waals surface area contributed by atoms with Crippen LogP contribution in [0.4, 0.5) is 0 Å². The van der Waals surface area contributed by atoms with Crippen LogP contribution in [0, 0.1) is 0 Å². The highest BCUT2D eigenvalue weighted by Gasteiger charge is 2.18. The molecule has 1 heterocycles. The lowest BCUT2D eigenvalue weighted by atomic mass is 10.0. The van der Waals surface area contributed by atoms with Gasteiger partial charge in [-0.15, -0.1) is 10.2 Å². The number of amides is 1. The van der Waals surface area contributed by atoms with E-state index in [0.717, 1.165) is 12.0 Å². The lowest BCUT2D eigenvalue weighted by molar-refractivity contribution is -0.120. The second kappa shape index (κ2) is 7.15. The topological polar surface area (TPSA) is 68.0 Å². The van der Waals surface area contributed by atoms with Crippen molar-refractivity contribution >= 4 is 29.3 Å². The average Bonchev–Trinajstić information content (AvgIpc) is 2.94. The molecule has 0 bridgehead atoms. The highest BCUT2D eigenvalue weighted by molar-refractivity contribution is 7.99. The monoisotopic (exact) mass is 339 g/mol. The maximum atomic E-state index is 11.9. The highest BCUT2D eigenvalue weighted by atomic mass is 35.5. The molecule has 2 aromatic rings. The normalized spacial score (nSPS) is 11.5. The number of hydrogen-bond acceptors (Lipinski definition) is 5. The number of benzene rings is 1. The van der Waals surface area contributed by atoms with E-state index in [9.17, 15) is 4.79 Å². The molecule has 0 spiro atoms. The third kappa shape index (κ3) is 4.74. The number of carbonyl (C=O) groups is 1. The van der Waals surface area contributed by atoms with Crippen molar-refractivity contribution in [1.29, 1.82) is 0 Å². The summed E-state index contributed by atoms with van der Waals surface area (Å²) < 4.78 is 5.53. The van der Waals surface area contributed by atoms with Gasteiger partial charge in [-0.1, -0.05) is 36.4 Å². The summed E-state index contributed by atoms with van der Waals surface area (Å²) >= 11 is 7.15. The van der Waals surface area contributed by atoms with Crippen molar-refractivity contribution in [2.45, 2.75) is 38.0 Å². The summed E-state index contributed by atoms with van der Waals surface area (Å²) in [6.07, 6.45) is 0.864. The van der Waals surface area contributed by atoms with E-state index in [1.54, 1.807) is 12.1 Å². The largest absolute Gasteiger partial charge is 0.411 e. The van der Waals surface area contributed by atoms with Crippen LogP contribution < -0.4 is 5.32 Å². The summed E-state index contributed by atoms with van der Waals surface area (Å²) in [5.74, 6) is 0.569. The van der Waals surface area contributed by atoms with Crippen LogP contribution in [0.1, 0.15) is 27.2 Å². The maximum absolute atomic E-state index is 11.9. The van der Waals surface area contributed by atoms with Gasteiger partial charge >= 0.3 is 0 Å². The second-order valence-electron chi connectivity index (χ2n) is 5.46. The van der Waals surface area contributed by atoms with Gasteiger partial charge in [0, 0.05) is 16.1 Å². The molecule has 2 rings (SSSR count). The number of nitrogens with zero attached hydrogens (tertiary/aromatic N) is 2. The quantitative estimate of drug-likeness (QED) is 0.811. The van der Waals surface area contributed by atoms with E-state index in [1.807, 2.05) is 32.9 Å². The first-order valence-electron chi connectivity index (χ1n) is 6.93. The molecule has 0 aliphatic rings. The lowest BCUT2D eigenvalue weighted by Gasteiger charge is -2.24. The Hall–Kier alpha value is -1.53. The third-order valence-electron chi connectivity index (χ3n) is 3.17. The Morgan fingerprint density at radius 3 is 2.86 bits per heavy atom. The third-order valence-corrected chi connectivity index (χ3v) is 4.22. The Balaban J connectivity index is 1.94. The van der Waals surface area contributed by atoms with Gasteiger partial charge in [0.1, 0.15) is 0 Å². The second-order valence-corrected chi connectivity index (χ2v) is 6.82. The fourth-order valence-corrected chi connectivity index (χ4v) is 2.39. The molecule has 0 fully saturated rings. The van der Waals surface area contributed by atoms with Crippen LogP contribution in [0.2, 0.25) is 5.02 Å². The molecule has 0 aliphatic carbocycles. The van der Waals surface area contributed by atoms with Crippen molar-refractivity contribution < 1.29 is 9.21 Å². The molecule has 1 N–H and O–H groups in total. The zero-order valence-corrected chi connectivity index (χ0v) is 14.3. The summed E-state index contributed by atoms with van der Waals surface area (Å²) in [7, 11) is 0. The van der Waals surface area contributed by atoms with Crippen molar-refractivity contribution in [3.63, 3.8) is 0 Å². The van der Waals surface area contributed by atoms with Crippen LogP contribution in [-0.4, -0.2) is 27.4 Å². The molecule has 22 heavy (non-hydrogen) atoms. The molecular weight excluding hydrogens is 322 g/mol. The number of halogens is 1. The van der Waals surface area contributed by atoms with E-state index >= 15 is 0 Å². The van der Waals surface area contributed by atoms with E-state index in [-0.39, 0.29) is 17.2 Å². The van der Waals surface area contributed by atoms with Gasteiger partial charge < -0.3 is 9.73 Å². The van der Waals surface area contributed by atoms with Crippen LogP contribution in [0.15, 0.2) is 33.9 Å². The Morgan fingerprint density at radius 2 is 2.18 bits per heavy atom. The molecule has 0 unspecified atom stereocenters. The van der Waals surface area contributed by atoms with Gasteiger partial charge in [-0.25, -0.2) is 0 Å². The molecule has 0 radical (unpaired) electrons. The molecule has 1 amide bonds. The first kappa shape index (κ1) is 16.8. The van der Waals surface area contributed by atoms with Crippen LogP contribution in [0.25, 0.3) is 11.5 Å². The van der Waals surface area contributed by atoms with Crippen molar-refractivity contribution in [1.82, 2.24) is 15.5 Å². The molecular formula is C15H18ClN3O2S. The summed E-state index contributed by atoms with van der Waals surface area (Å²) in [5, 5.41) is 11.8. The van der Waals surface area contributed by atoms with Gasteiger partial charge in [-0.3, -0.25) is 4.79 Å². The van der Waals surface area contributed by atoms with Crippen LogP contribution in [-0.2, 0) is 4.79 Å². The van der Waals surface area contributed by atoms with Gasteiger partial charge in [-0.2, -0.15) is 0 Å². The molecule has 0 saturated carbocycles. The number of hydrogen-bond donors (Lipinski definition) is 1. The molecule has 7 heteroatoms. The predicted molar refractivity (Wildman–Crippen MR) is 88.0 cm³/mol. The predicted octanol–water partition coefficient (Wildman–Crippen LogP) is 3.79. The zero-order chi connectivity index (χ0) is 16.2. The SMILES string of the molecule is CCC(C)(C)NC(=O)CSc1nnc(-c2cccc(Cl)c2)o1. The van der Waals surface area contributed by atoms with Gasteiger partial charge in [-0.05, 0) is 38.5 Å². The van der Waals surface area contributed by atoms with Gasteiger partial charge in [0.25, 0.3) is 5.22 Å². The number of carbonyl (C=O) groups excluding carboxylic acids is 1. The maximum Gasteiger partial charge on any atom is 0.277 e. The smallest absolute Gasteiger partial charge is 0.277 e. The minimum absolute atomic E-state index is 0.0562. The minimum atomic E-state index is -0.210. The summed E-state index contributed by atoms with van der Waals surface area (Å²) in [4.78, 5) is 11.9. The van der Waals surface area contributed by atoms with E-state index in [2.05, 4.69) is 15.5 Å². The minimum Gasteiger partial charge on any atom is -0.411 e. The van der Waals surface area contributed by atoms with Gasteiger partial charge in [0.2, 0.25) is 11.8 Å². The van der Waals surface area contributed by atoms with Crippen molar-refractivity contribution in [2.75, 3.05) is 5.75 Å². The molecule has 0 atom stereocenters. The Kier molecular flexibility index (Phi) is 5.47. The average molecular weight is 340 g/mol. The highest BCUT2D eigenvalue weighted by Crippen LogP contribution is 2.25. The zero-order valence-electron chi connectivity index (χ0n) is 12.7. The molecule has 118 valence electrons. The van der Waals surface area contributed by atoms with Gasteiger partial charge in [0.15, 0.2) is 0 Å². The van der Waals surface area contributed by atoms with E-state index in [0.29, 0.717) is 16.1 Å². The van der Waals surface area contributed by atoms with Crippen molar-refractivity contribution in [2.24, 2.45) is 0 Å². The Bertz CT molecular complexity index is 658. The van der Waals surface area contributed by atoms with E-state index < -0.39 is 0 Å². The Morgan fingerprint density at radius 1 is 1.41 bits per heavy atom. The number of aromatic nitrogens is 2. The van der Waals surface area contributed by atoms with E-state index in [1.165, 1.54) is 11.8 Å². The Labute approximate surface area is 138 Å². The fraction of sp³-hybridized carbons (Fsp3) is 0.400. The summed E-state index contributed by atoms with van der Waals surface area (Å²) in [6.45, 7) is 6.00. The number of rotatable bonds is 6. The summed E-state index contributed by atoms with van der Waals surface area (Å²) in [5.41, 5.74) is 0.543. The summed E-state index contributed by atoms with van der Waals surface area (Å²) in [6, 6.07) is 7.18. The first-order valence-corrected chi connectivity index (χ1v) is 8.29. The van der Waals surface area contributed by atoms with Crippen molar-refractivity contribution in [3.05, 3.63) is 29.3 Å². The fourth-order valence-electron chi connectivity index (χ4n) is 1.64. The van der Waals surface area contributed by atoms with Crippen LogP contribution in [0.5, 0.6) is 0 Å². The molecule has 0 aliphatic heterocycles. The standard InChI is InChI=1S/C15H18ClN3O2S/c1-4-15(2,3)17-12(20)9-22-14-19-18-13(21-14)10-6-5-7-11(16)8-10/h5-8H,4,9H2,1-3H3,(H,17,20). The molecule has 5 nitrogen and oxygen atoms in total. The number of nitrogens with one attached hydrogen (secondary N) is 1. The van der Waals surface area contributed by atoms with Crippen LogP contribution >= 0.6 is 23.4 Å². The first-order chi connectivity index (χ1) is 10.4. The van der Waals surface area contributed by atoms with Gasteiger partial charge in [0.05, 0.1) is 5.75 Å². The molecule has 1 aromatic heterocycles. The van der Waals surface area contributed by atoms with Crippen LogP contribution in [0.3, 0.4) is 0 Å². The molecule has 0 saturated heterocycles.